The molecule has 38 valence electrons. The van der Waals surface area contributed by atoms with Gasteiger partial charge in [-0.05, 0) is 0 Å². The number of hydrogen-bond donors (Lipinski definition) is 0. The van der Waals surface area contributed by atoms with Gasteiger partial charge in [0.05, 0.1) is 0 Å². The summed E-state index contributed by atoms with van der Waals surface area (Å²) in [5.41, 5.74) is 1.85. The van der Waals surface area contributed by atoms with Crippen LogP contribution in [0.3, 0.4) is 0 Å². The lowest BCUT2D eigenvalue weighted by Gasteiger charge is -1.93. The highest BCUT2D eigenvalue weighted by Crippen LogP contribution is 1.95. The standard InChI is InChI=1S/C4H11ClSi/c1-4(2)6-3-5/h4H,3,6H2,1-2H3. The Morgan fingerprint density at radius 3 is 2.17 bits per heavy atom. The predicted octanol–water partition coefficient (Wildman–Crippen LogP) is 1.18. The number of hydrogen-bond acceptors (Lipinski definition) is 0. The van der Waals surface area contributed by atoms with Gasteiger partial charge in [-0.25, -0.2) is 0 Å². The Kier molecular flexibility index (Phi) is 4.00. The summed E-state index contributed by atoms with van der Waals surface area (Å²) in [6.45, 7) is 4.46. The molecule has 0 aliphatic rings. The van der Waals surface area contributed by atoms with E-state index in [1.54, 1.807) is 0 Å². The Labute approximate surface area is 46.7 Å². The summed E-state index contributed by atoms with van der Waals surface area (Å²) in [6.07, 6.45) is 0. The molecule has 0 aliphatic carbocycles. The molecule has 0 nitrogen and oxygen atoms in total. The maximum atomic E-state index is 5.46. The van der Waals surface area contributed by atoms with Gasteiger partial charge in [-0.1, -0.05) is 19.4 Å². The van der Waals surface area contributed by atoms with Gasteiger partial charge < -0.3 is 0 Å². The summed E-state index contributed by atoms with van der Waals surface area (Å²) in [6, 6.07) is 0. The zero-order valence-corrected chi connectivity index (χ0v) is 6.54. The molecule has 0 heterocycles. The Balaban J connectivity index is 2.63. The lowest BCUT2D eigenvalue weighted by Crippen LogP contribution is -1.94. The molecule has 0 bridgehead atoms. The van der Waals surface area contributed by atoms with Crippen molar-refractivity contribution in [3.8, 4) is 0 Å². The van der Waals surface area contributed by atoms with Crippen LogP contribution in [0, 0.1) is 0 Å². The summed E-state index contributed by atoms with van der Waals surface area (Å²) < 4.78 is 0. The van der Waals surface area contributed by atoms with E-state index in [4.69, 9.17) is 11.6 Å². The number of rotatable bonds is 2. The molecule has 0 aromatic heterocycles. The minimum Gasteiger partial charge on any atom is -0.131 e. The molecule has 0 saturated heterocycles. The van der Waals surface area contributed by atoms with Gasteiger partial charge in [0.1, 0.15) is 0 Å². The van der Waals surface area contributed by atoms with E-state index >= 15 is 0 Å². The van der Waals surface area contributed by atoms with E-state index in [-0.39, 0.29) is 9.52 Å². The molecule has 0 aromatic rings. The summed E-state index contributed by atoms with van der Waals surface area (Å²) in [7, 11) is 0.122. The minimum absolute atomic E-state index is 0.122. The molecule has 0 N–H and O–H groups in total. The molecule has 0 rings (SSSR count). The third-order valence-corrected chi connectivity index (χ3v) is 2.71. The van der Waals surface area contributed by atoms with Crippen LogP contribution in [0.25, 0.3) is 0 Å². The molecule has 0 radical (unpaired) electrons. The molecule has 0 aliphatic heterocycles. The molecule has 0 atom stereocenters. The molecule has 0 saturated carbocycles. The van der Waals surface area contributed by atoms with E-state index in [1.807, 2.05) is 0 Å². The van der Waals surface area contributed by atoms with Crippen LogP contribution in [0.1, 0.15) is 13.8 Å². The van der Waals surface area contributed by atoms with Crippen LogP contribution >= 0.6 is 11.6 Å². The highest BCUT2D eigenvalue weighted by atomic mass is 35.5. The fourth-order valence-electron chi connectivity index (χ4n) is 0.218. The van der Waals surface area contributed by atoms with Crippen LogP contribution in [0.15, 0.2) is 0 Å². The van der Waals surface area contributed by atoms with Crippen molar-refractivity contribution in [3.05, 3.63) is 0 Å². The summed E-state index contributed by atoms with van der Waals surface area (Å²) in [4.78, 5) is 0. The van der Waals surface area contributed by atoms with E-state index in [9.17, 15) is 0 Å². The Morgan fingerprint density at radius 1 is 1.67 bits per heavy atom. The van der Waals surface area contributed by atoms with Gasteiger partial charge in [-0.3, -0.25) is 0 Å². The molecule has 0 spiro atoms. The first-order valence-corrected chi connectivity index (χ1v) is 4.68. The molecule has 0 amide bonds. The van der Waals surface area contributed by atoms with E-state index in [1.165, 1.54) is 0 Å². The molecule has 2 heteroatoms. The highest BCUT2D eigenvalue weighted by molar-refractivity contribution is 6.51. The maximum absolute atomic E-state index is 5.46. The Bertz CT molecular complexity index is 28.7. The fourth-order valence-corrected chi connectivity index (χ4v) is 1.96. The Morgan fingerprint density at radius 2 is 2.17 bits per heavy atom. The SMILES string of the molecule is CC(C)[SiH2]CCl. The van der Waals surface area contributed by atoms with Gasteiger partial charge in [0.25, 0.3) is 0 Å². The largest absolute Gasteiger partial charge is 0.131 e. The van der Waals surface area contributed by atoms with Gasteiger partial charge >= 0.3 is 0 Å². The van der Waals surface area contributed by atoms with E-state index < -0.39 is 0 Å². The number of alkyl halides is 1. The van der Waals surface area contributed by atoms with Crippen molar-refractivity contribution in [2.75, 3.05) is 5.50 Å². The van der Waals surface area contributed by atoms with Crippen molar-refractivity contribution in [1.29, 1.82) is 0 Å². The van der Waals surface area contributed by atoms with E-state index in [0.29, 0.717) is 0 Å². The van der Waals surface area contributed by atoms with Crippen LogP contribution in [0.2, 0.25) is 5.54 Å². The third kappa shape index (κ3) is 4.51. The molecular formula is C4H11ClSi. The third-order valence-electron chi connectivity index (χ3n) is 0.686. The van der Waals surface area contributed by atoms with Gasteiger partial charge in [0, 0.05) is 15.0 Å². The van der Waals surface area contributed by atoms with Crippen molar-refractivity contribution in [3.63, 3.8) is 0 Å². The highest BCUT2D eigenvalue weighted by Gasteiger charge is 1.88. The van der Waals surface area contributed by atoms with E-state index in [0.717, 1.165) is 11.0 Å². The molecular weight excluding hydrogens is 112 g/mol. The number of halogens is 1. The second kappa shape index (κ2) is 3.69. The maximum Gasteiger partial charge on any atom is 0.0404 e. The molecule has 0 aromatic carbocycles. The van der Waals surface area contributed by atoms with Crippen molar-refractivity contribution in [2.24, 2.45) is 0 Å². The van der Waals surface area contributed by atoms with Gasteiger partial charge in [-0.15, -0.1) is 11.6 Å². The van der Waals surface area contributed by atoms with Gasteiger partial charge in [-0.2, -0.15) is 0 Å². The van der Waals surface area contributed by atoms with Crippen LogP contribution in [-0.2, 0) is 0 Å². The predicted molar refractivity (Wildman–Crippen MR) is 34.4 cm³/mol. The first kappa shape index (κ1) is 6.51. The molecule has 0 fully saturated rings. The average Bonchev–Trinajstić information content (AvgIpc) is 1.35. The lowest BCUT2D eigenvalue weighted by atomic mass is 10.6. The fraction of sp³-hybridized carbons (Fsp3) is 1.00. The van der Waals surface area contributed by atoms with Crippen molar-refractivity contribution >= 4 is 21.1 Å². The quantitative estimate of drug-likeness (QED) is 0.381. The second-order valence-electron chi connectivity index (χ2n) is 1.87. The molecule has 0 unspecified atom stereocenters. The lowest BCUT2D eigenvalue weighted by molar-refractivity contribution is 1.06. The first-order valence-electron chi connectivity index (χ1n) is 2.33. The van der Waals surface area contributed by atoms with Gasteiger partial charge in [0.15, 0.2) is 0 Å². The normalized spacial score (nSPS) is 12.0. The first-order chi connectivity index (χ1) is 2.77. The smallest absolute Gasteiger partial charge is 0.0404 e. The average molecular weight is 123 g/mol. The second-order valence-corrected chi connectivity index (χ2v) is 5.59. The Hall–Kier alpha value is 0.507. The zero-order valence-electron chi connectivity index (χ0n) is 4.37. The minimum atomic E-state index is 0.122. The van der Waals surface area contributed by atoms with Crippen LogP contribution in [0.4, 0.5) is 0 Å². The van der Waals surface area contributed by atoms with Gasteiger partial charge in [0.2, 0.25) is 0 Å². The van der Waals surface area contributed by atoms with Crippen LogP contribution in [-0.4, -0.2) is 15.0 Å². The van der Waals surface area contributed by atoms with Crippen molar-refractivity contribution in [1.82, 2.24) is 0 Å². The molecule has 6 heavy (non-hydrogen) atoms. The summed E-state index contributed by atoms with van der Waals surface area (Å²) >= 11 is 5.46. The van der Waals surface area contributed by atoms with Crippen molar-refractivity contribution < 1.29 is 0 Å². The van der Waals surface area contributed by atoms with Crippen LogP contribution < -0.4 is 0 Å². The monoisotopic (exact) mass is 122 g/mol. The van der Waals surface area contributed by atoms with Crippen molar-refractivity contribution in [2.45, 2.75) is 19.4 Å². The van der Waals surface area contributed by atoms with E-state index in [2.05, 4.69) is 13.8 Å². The summed E-state index contributed by atoms with van der Waals surface area (Å²) in [5, 5.41) is 0. The topological polar surface area (TPSA) is 0 Å². The van der Waals surface area contributed by atoms with Crippen LogP contribution in [0.5, 0.6) is 0 Å². The zero-order chi connectivity index (χ0) is 4.99. The summed E-state index contributed by atoms with van der Waals surface area (Å²) in [5.74, 6) is 0.